The third kappa shape index (κ3) is 3.03. The SMILES string of the molecule is CO.Nc1cccc(C(=O)O)c1. The number of aliphatic hydroxyl groups excluding tert-OH is 1. The first-order valence-electron chi connectivity index (χ1n) is 3.23. The van der Waals surface area contributed by atoms with Gasteiger partial charge in [-0.15, -0.1) is 0 Å². The van der Waals surface area contributed by atoms with Crippen molar-refractivity contribution in [3.8, 4) is 0 Å². The molecule has 66 valence electrons. The molecular weight excluding hydrogens is 158 g/mol. The van der Waals surface area contributed by atoms with Crippen molar-refractivity contribution in [2.24, 2.45) is 0 Å². The lowest BCUT2D eigenvalue weighted by Crippen LogP contribution is -1.96. The van der Waals surface area contributed by atoms with Crippen LogP contribution in [0.2, 0.25) is 0 Å². The molecule has 12 heavy (non-hydrogen) atoms. The first-order chi connectivity index (χ1) is 5.70. The van der Waals surface area contributed by atoms with E-state index in [0.717, 1.165) is 7.11 Å². The predicted octanol–water partition coefficient (Wildman–Crippen LogP) is 0.575. The normalized spacial score (nSPS) is 8.17. The number of hydrogen-bond acceptors (Lipinski definition) is 3. The van der Waals surface area contributed by atoms with Crippen LogP contribution in [-0.2, 0) is 0 Å². The summed E-state index contributed by atoms with van der Waals surface area (Å²) in [7, 11) is 1.00. The fourth-order valence-electron chi connectivity index (χ4n) is 0.672. The van der Waals surface area contributed by atoms with Crippen LogP contribution in [0.5, 0.6) is 0 Å². The average molecular weight is 169 g/mol. The van der Waals surface area contributed by atoms with Crippen molar-refractivity contribution in [1.82, 2.24) is 0 Å². The Morgan fingerprint density at radius 3 is 2.33 bits per heavy atom. The summed E-state index contributed by atoms with van der Waals surface area (Å²) in [6.45, 7) is 0. The maximum Gasteiger partial charge on any atom is 0.335 e. The molecule has 0 fully saturated rings. The molecule has 1 aromatic carbocycles. The highest BCUT2D eigenvalue weighted by Crippen LogP contribution is 2.05. The molecule has 0 spiro atoms. The maximum absolute atomic E-state index is 10.3. The number of nitrogen functional groups attached to an aromatic ring is 1. The molecule has 0 amide bonds. The van der Waals surface area contributed by atoms with E-state index < -0.39 is 5.97 Å². The van der Waals surface area contributed by atoms with Crippen molar-refractivity contribution in [1.29, 1.82) is 0 Å². The Balaban J connectivity index is 0.000000561. The van der Waals surface area contributed by atoms with Gasteiger partial charge in [-0.1, -0.05) is 6.07 Å². The van der Waals surface area contributed by atoms with Gasteiger partial charge in [0.1, 0.15) is 0 Å². The number of hydrogen-bond donors (Lipinski definition) is 3. The molecule has 0 bridgehead atoms. The van der Waals surface area contributed by atoms with Gasteiger partial charge in [0.25, 0.3) is 0 Å². The van der Waals surface area contributed by atoms with Gasteiger partial charge in [-0.3, -0.25) is 0 Å². The van der Waals surface area contributed by atoms with Crippen LogP contribution in [0.15, 0.2) is 24.3 Å². The monoisotopic (exact) mass is 169 g/mol. The van der Waals surface area contributed by atoms with Crippen LogP contribution in [0.4, 0.5) is 5.69 Å². The van der Waals surface area contributed by atoms with Gasteiger partial charge in [0, 0.05) is 12.8 Å². The zero-order valence-electron chi connectivity index (χ0n) is 6.69. The molecule has 0 unspecified atom stereocenters. The smallest absolute Gasteiger partial charge is 0.335 e. The van der Waals surface area contributed by atoms with Crippen molar-refractivity contribution in [3.63, 3.8) is 0 Å². The minimum atomic E-state index is -0.952. The van der Waals surface area contributed by atoms with E-state index in [1.54, 1.807) is 12.1 Å². The van der Waals surface area contributed by atoms with E-state index in [2.05, 4.69) is 0 Å². The van der Waals surface area contributed by atoms with Crippen LogP contribution in [0.1, 0.15) is 10.4 Å². The number of rotatable bonds is 1. The maximum atomic E-state index is 10.3. The number of anilines is 1. The Bertz CT molecular complexity index is 260. The summed E-state index contributed by atoms with van der Waals surface area (Å²) < 4.78 is 0. The summed E-state index contributed by atoms with van der Waals surface area (Å²) in [5.41, 5.74) is 6.03. The molecule has 0 aliphatic heterocycles. The van der Waals surface area contributed by atoms with Gasteiger partial charge in [0.2, 0.25) is 0 Å². The molecular formula is C8H11NO3. The largest absolute Gasteiger partial charge is 0.478 e. The fourth-order valence-corrected chi connectivity index (χ4v) is 0.672. The third-order valence-corrected chi connectivity index (χ3v) is 1.13. The lowest BCUT2D eigenvalue weighted by molar-refractivity contribution is 0.0697. The average Bonchev–Trinajstić information content (AvgIpc) is 2.08. The van der Waals surface area contributed by atoms with Crippen molar-refractivity contribution in [2.45, 2.75) is 0 Å². The molecule has 0 atom stereocenters. The molecule has 0 saturated heterocycles. The molecule has 4 nitrogen and oxygen atoms in total. The number of carboxylic acids is 1. The predicted molar refractivity (Wildman–Crippen MR) is 46.0 cm³/mol. The van der Waals surface area contributed by atoms with Gasteiger partial charge in [-0.2, -0.15) is 0 Å². The molecule has 0 aromatic heterocycles. The highest BCUT2D eigenvalue weighted by molar-refractivity contribution is 5.88. The number of aromatic carboxylic acids is 1. The quantitative estimate of drug-likeness (QED) is 0.537. The van der Waals surface area contributed by atoms with Crippen LogP contribution in [0.25, 0.3) is 0 Å². The van der Waals surface area contributed by atoms with Crippen LogP contribution < -0.4 is 5.73 Å². The van der Waals surface area contributed by atoms with Gasteiger partial charge in [0.15, 0.2) is 0 Å². The van der Waals surface area contributed by atoms with E-state index >= 15 is 0 Å². The lowest BCUT2D eigenvalue weighted by Gasteiger charge is -1.93. The van der Waals surface area contributed by atoms with E-state index in [1.165, 1.54) is 12.1 Å². The minimum absolute atomic E-state index is 0.222. The van der Waals surface area contributed by atoms with E-state index in [9.17, 15) is 4.79 Å². The Morgan fingerprint density at radius 2 is 2.00 bits per heavy atom. The van der Waals surface area contributed by atoms with E-state index in [0.29, 0.717) is 5.69 Å². The molecule has 0 radical (unpaired) electrons. The standard InChI is InChI=1S/C7H7NO2.CH4O/c8-6-3-1-2-5(4-6)7(9)10;1-2/h1-4H,8H2,(H,9,10);2H,1H3. The molecule has 0 aliphatic carbocycles. The molecule has 4 heteroatoms. The van der Waals surface area contributed by atoms with E-state index in [1.807, 2.05) is 0 Å². The summed E-state index contributed by atoms with van der Waals surface area (Å²) in [4.78, 5) is 10.3. The molecule has 1 rings (SSSR count). The van der Waals surface area contributed by atoms with Crippen molar-refractivity contribution in [3.05, 3.63) is 29.8 Å². The topological polar surface area (TPSA) is 83.5 Å². The number of carbonyl (C=O) groups is 1. The van der Waals surface area contributed by atoms with Crippen LogP contribution in [0.3, 0.4) is 0 Å². The summed E-state index contributed by atoms with van der Waals surface area (Å²) in [6, 6.07) is 6.17. The van der Waals surface area contributed by atoms with E-state index in [4.69, 9.17) is 15.9 Å². The Morgan fingerprint density at radius 1 is 1.42 bits per heavy atom. The third-order valence-electron chi connectivity index (χ3n) is 1.13. The molecule has 0 aliphatic rings. The lowest BCUT2D eigenvalue weighted by atomic mass is 10.2. The summed E-state index contributed by atoms with van der Waals surface area (Å²) in [5, 5.41) is 15.5. The summed E-state index contributed by atoms with van der Waals surface area (Å²) >= 11 is 0. The number of benzene rings is 1. The first kappa shape index (κ1) is 10.4. The van der Waals surface area contributed by atoms with Gasteiger partial charge in [-0.25, -0.2) is 4.79 Å². The zero-order valence-corrected chi connectivity index (χ0v) is 6.69. The second kappa shape index (κ2) is 5.15. The van der Waals surface area contributed by atoms with Gasteiger partial charge >= 0.3 is 5.97 Å². The molecule has 0 saturated carbocycles. The highest BCUT2D eigenvalue weighted by Gasteiger charge is 1.99. The van der Waals surface area contributed by atoms with Gasteiger partial charge < -0.3 is 15.9 Å². The van der Waals surface area contributed by atoms with Gasteiger partial charge in [-0.05, 0) is 18.2 Å². The first-order valence-corrected chi connectivity index (χ1v) is 3.23. The highest BCUT2D eigenvalue weighted by atomic mass is 16.4. The summed E-state index contributed by atoms with van der Waals surface area (Å²) in [5.74, 6) is -0.952. The summed E-state index contributed by atoms with van der Waals surface area (Å²) in [6.07, 6.45) is 0. The van der Waals surface area contributed by atoms with Crippen LogP contribution in [0, 0.1) is 0 Å². The number of nitrogens with two attached hydrogens (primary N) is 1. The van der Waals surface area contributed by atoms with Crippen LogP contribution >= 0.6 is 0 Å². The Labute approximate surface area is 70.3 Å². The van der Waals surface area contributed by atoms with Crippen molar-refractivity contribution in [2.75, 3.05) is 12.8 Å². The number of carboxylic acid groups (broad SMARTS) is 1. The Hall–Kier alpha value is -1.55. The van der Waals surface area contributed by atoms with Crippen LogP contribution in [-0.4, -0.2) is 23.3 Å². The molecule has 0 heterocycles. The second-order valence-corrected chi connectivity index (χ2v) is 1.93. The fraction of sp³-hybridized carbons (Fsp3) is 0.125. The number of aliphatic hydroxyl groups is 1. The zero-order chi connectivity index (χ0) is 9.56. The van der Waals surface area contributed by atoms with Crippen molar-refractivity contribution >= 4 is 11.7 Å². The minimum Gasteiger partial charge on any atom is -0.478 e. The molecule has 1 aromatic rings. The van der Waals surface area contributed by atoms with E-state index in [-0.39, 0.29) is 5.56 Å². The molecule has 4 N–H and O–H groups in total. The second-order valence-electron chi connectivity index (χ2n) is 1.93. The van der Waals surface area contributed by atoms with Crippen molar-refractivity contribution < 1.29 is 15.0 Å². The Kier molecular flexibility index (Phi) is 4.48. The van der Waals surface area contributed by atoms with Gasteiger partial charge in [0.05, 0.1) is 5.56 Å².